The van der Waals surface area contributed by atoms with E-state index in [0.717, 1.165) is 0 Å². The lowest BCUT2D eigenvalue weighted by atomic mass is 10.4. The van der Waals surface area contributed by atoms with Crippen LogP contribution in [-0.4, -0.2) is 21.1 Å². The summed E-state index contributed by atoms with van der Waals surface area (Å²) in [4.78, 5) is 27.1. The fourth-order valence-electron chi connectivity index (χ4n) is 1.47. The molecule has 0 fully saturated rings. The average molecular weight is 194 g/mol. The number of nitrogens with two attached hydrogens (primary N) is 1. The molecular weight excluding hydrogens is 184 g/mol. The number of rotatable bonds is 2. The highest BCUT2D eigenvalue weighted by Gasteiger charge is 2.05. The number of H-pyrrole nitrogens is 2. The van der Waals surface area contributed by atoms with Gasteiger partial charge in [-0.3, -0.25) is 9.78 Å². The Morgan fingerprint density at radius 2 is 2.14 bits per heavy atom. The van der Waals surface area contributed by atoms with Crippen LogP contribution in [0.4, 0.5) is 0 Å². The van der Waals surface area contributed by atoms with Crippen molar-refractivity contribution in [3.63, 3.8) is 0 Å². The van der Waals surface area contributed by atoms with Gasteiger partial charge in [0.05, 0.1) is 5.52 Å². The first-order valence-corrected chi connectivity index (χ1v) is 4.24. The Bertz CT molecular complexity index is 562. The Kier molecular flexibility index (Phi) is 1.97. The zero-order valence-electron chi connectivity index (χ0n) is 7.41. The second kappa shape index (κ2) is 3.15. The number of nitrogens with zero attached hydrogens (tertiary/aromatic N) is 1. The van der Waals surface area contributed by atoms with E-state index in [-0.39, 0.29) is 5.56 Å². The summed E-state index contributed by atoms with van der Waals surface area (Å²) in [5.74, 6) is 0. The maximum Gasteiger partial charge on any atom is 0.326 e. The van der Waals surface area contributed by atoms with Crippen LogP contribution in [0.1, 0.15) is 0 Å². The van der Waals surface area contributed by atoms with Crippen LogP contribution in [0.2, 0.25) is 0 Å². The van der Waals surface area contributed by atoms with Crippen LogP contribution in [0, 0.1) is 0 Å². The molecule has 0 aliphatic heterocycles. The van der Waals surface area contributed by atoms with Crippen LogP contribution in [0.5, 0.6) is 0 Å². The highest BCUT2D eigenvalue weighted by Crippen LogP contribution is 2.05. The molecule has 0 radical (unpaired) electrons. The molecule has 14 heavy (non-hydrogen) atoms. The number of hydrogen-bond acceptors (Lipinski definition) is 3. The number of fused-ring (bicyclic) bond motifs is 1. The minimum atomic E-state index is -0.493. The van der Waals surface area contributed by atoms with E-state index < -0.39 is 5.69 Å². The molecule has 0 saturated carbocycles. The maximum atomic E-state index is 11.4. The number of hydrogen-bond donors (Lipinski definition) is 3. The van der Waals surface area contributed by atoms with Gasteiger partial charge in [-0.25, -0.2) is 4.79 Å². The monoisotopic (exact) mass is 194 g/mol. The Hall–Kier alpha value is -1.82. The van der Waals surface area contributed by atoms with Crippen molar-refractivity contribution >= 4 is 11.0 Å². The van der Waals surface area contributed by atoms with Gasteiger partial charge >= 0.3 is 5.69 Å². The van der Waals surface area contributed by atoms with Crippen molar-refractivity contribution in [2.45, 2.75) is 6.54 Å². The van der Waals surface area contributed by atoms with E-state index in [0.29, 0.717) is 24.1 Å². The largest absolute Gasteiger partial charge is 0.340 e. The summed E-state index contributed by atoms with van der Waals surface area (Å²) in [6.07, 6.45) is 1.72. The minimum Gasteiger partial charge on any atom is -0.340 e. The van der Waals surface area contributed by atoms with E-state index in [1.165, 1.54) is 0 Å². The lowest BCUT2D eigenvalue weighted by Crippen LogP contribution is -2.23. The topological polar surface area (TPSA) is 96.7 Å². The van der Waals surface area contributed by atoms with Crippen molar-refractivity contribution in [1.29, 1.82) is 0 Å². The molecule has 2 heterocycles. The van der Waals surface area contributed by atoms with Crippen molar-refractivity contribution in [3.8, 4) is 0 Å². The summed E-state index contributed by atoms with van der Waals surface area (Å²) >= 11 is 0. The molecule has 0 unspecified atom stereocenters. The third kappa shape index (κ3) is 1.25. The number of aromatic amines is 2. The molecule has 4 N–H and O–H groups in total. The van der Waals surface area contributed by atoms with Gasteiger partial charge in [-0.15, -0.1) is 0 Å². The molecule has 0 saturated heterocycles. The second-order valence-electron chi connectivity index (χ2n) is 2.97. The second-order valence-corrected chi connectivity index (χ2v) is 2.97. The molecule has 0 bridgehead atoms. The smallest absolute Gasteiger partial charge is 0.326 e. The number of nitrogens with one attached hydrogen (secondary N) is 2. The molecule has 2 rings (SSSR count). The first-order chi connectivity index (χ1) is 6.72. The van der Waals surface area contributed by atoms with E-state index in [1.807, 2.05) is 0 Å². The van der Waals surface area contributed by atoms with E-state index in [4.69, 9.17) is 5.73 Å². The first-order valence-electron chi connectivity index (χ1n) is 4.24. The molecule has 2 aromatic rings. The van der Waals surface area contributed by atoms with Crippen LogP contribution >= 0.6 is 0 Å². The molecule has 0 spiro atoms. The Labute approximate surface area is 78.4 Å². The quantitative estimate of drug-likeness (QED) is 0.570. The lowest BCUT2D eigenvalue weighted by Gasteiger charge is -2.00. The van der Waals surface area contributed by atoms with E-state index in [9.17, 15) is 9.59 Å². The van der Waals surface area contributed by atoms with Crippen molar-refractivity contribution in [3.05, 3.63) is 33.1 Å². The van der Waals surface area contributed by atoms with Gasteiger partial charge in [-0.05, 0) is 6.07 Å². The molecule has 74 valence electrons. The summed E-state index contributed by atoms with van der Waals surface area (Å²) in [5.41, 5.74) is 5.49. The molecule has 0 aliphatic carbocycles. The summed E-state index contributed by atoms with van der Waals surface area (Å²) in [6, 6.07) is 1.68. The molecular formula is C8H10N4O2. The van der Waals surface area contributed by atoms with Gasteiger partial charge in [0.25, 0.3) is 5.56 Å². The predicted molar refractivity (Wildman–Crippen MR) is 52.2 cm³/mol. The first kappa shape index (κ1) is 8.76. The predicted octanol–water partition coefficient (Wildman–Crippen LogP) is -1.02. The van der Waals surface area contributed by atoms with Gasteiger partial charge in [0.1, 0.15) is 5.52 Å². The van der Waals surface area contributed by atoms with Crippen LogP contribution in [-0.2, 0) is 6.54 Å². The Morgan fingerprint density at radius 3 is 2.86 bits per heavy atom. The van der Waals surface area contributed by atoms with Gasteiger partial charge < -0.3 is 15.3 Å². The van der Waals surface area contributed by atoms with E-state index >= 15 is 0 Å². The lowest BCUT2D eigenvalue weighted by molar-refractivity contribution is 0.731. The Balaban J connectivity index is 2.79. The standard InChI is InChI=1S/C8H10N4O2/c9-2-4-12-3-1-5-6(12)7(13)11-8(14)10-5/h1,3H,2,4,9H2,(H2,10,11,13,14). The number of aromatic nitrogens is 3. The minimum absolute atomic E-state index is 0.387. The highest BCUT2D eigenvalue weighted by atomic mass is 16.2. The Morgan fingerprint density at radius 1 is 1.36 bits per heavy atom. The normalized spacial score (nSPS) is 10.9. The molecule has 2 aromatic heterocycles. The molecule has 6 heteroatoms. The molecule has 0 aromatic carbocycles. The summed E-state index contributed by atoms with van der Waals surface area (Å²) in [6.45, 7) is 1.00. The molecule has 6 nitrogen and oxygen atoms in total. The zero-order chi connectivity index (χ0) is 10.1. The van der Waals surface area contributed by atoms with Crippen LogP contribution in [0.3, 0.4) is 0 Å². The van der Waals surface area contributed by atoms with Gasteiger partial charge in [0.15, 0.2) is 0 Å². The fraction of sp³-hybridized carbons (Fsp3) is 0.250. The maximum absolute atomic E-state index is 11.4. The van der Waals surface area contributed by atoms with Crippen LogP contribution in [0.25, 0.3) is 11.0 Å². The summed E-state index contributed by atoms with van der Waals surface area (Å²) in [5, 5.41) is 0. The van der Waals surface area contributed by atoms with Crippen molar-refractivity contribution in [2.24, 2.45) is 5.73 Å². The molecule has 0 atom stereocenters. The van der Waals surface area contributed by atoms with Crippen LogP contribution < -0.4 is 17.0 Å². The van der Waals surface area contributed by atoms with E-state index in [2.05, 4.69) is 9.97 Å². The van der Waals surface area contributed by atoms with Crippen molar-refractivity contribution in [2.75, 3.05) is 6.54 Å². The van der Waals surface area contributed by atoms with Gasteiger partial charge in [0.2, 0.25) is 0 Å². The van der Waals surface area contributed by atoms with Gasteiger partial charge in [-0.2, -0.15) is 0 Å². The SMILES string of the molecule is NCCn1ccc2[nH]c(=O)[nH]c(=O)c21. The van der Waals surface area contributed by atoms with Gasteiger partial charge in [-0.1, -0.05) is 0 Å². The van der Waals surface area contributed by atoms with Gasteiger partial charge in [0, 0.05) is 19.3 Å². The third-order valence-electron chi connectivity index (χ3n) is 2.02. The molecule has 0 amide bonds. The fourth-order valence-corrected chi connectivity index (χ4v) is 1.47. The highest BCUT2D eigenvalue weighted by molar-refractivity contribution is 5.74. The van der Waals surface area contributed by atoms with Crippen molar-refractivity contribution in [1.82, 2.24) is 14.5 Å². The third-order valence-corrected chi connectivity index (χ3v) is 2.02. The summed E-state index contributed by atoms with van der Waals surface area (Å²) < 4.78 is 1.71. The zero-order valence-corrected chi connectivity index (χ0v) is 7.41. The van der Waals surface area contributed by atoms with Crippen molar-refractivity contribution < 1.29 is 0 Å². The summed E-state index contributed by atoms with van der Waals surface area (Å²) in [7, 11) is 0. The average Bonchev–Trinajstić information content (AvgIpc) is 2.49. The van der Waals surface area contributed by atoms with E-state index in [1.54, 1.807) is 16.8 Å². The molecule has 0 aliphatic rings. The van der Waals surface area contributed by atoms with Crippen LogP contribution in [0.15, 0.2) is 21.9 Å².